The van der Waals surface area contributed by atoms with Crippen molar-refractivity contribution in [3.05, 3.63) is 29.3 Å². The minimum atomic E-state index is -0.703. The van der Waals surface area contributed by atoms with Gasteiger partial charge >= 0.3 is 0 Å². The van der Waals surface area contributed by atoms with Crippen LogP contribution in [0.1, 0.15) is 50.7 Å². The maximum absolute atomic E-state index is 12.6. The van der Waals surface area contributed by atoms with Crippen molar-refractivity contribution in [2.45, 2.75) is 58.4 Å². The van der Waals surface area contributed by atoms with Gasteiger partial charge in [-0.15, -0.1) is 0 Å². The first-order valence-corrected chi connectivity index (χ1v) is 7.65. The van der Waals surface area contributed by atoms with Crippen LogP contribution >= 0.6 is 0 Å². The number of nitrogens with two attached hydrogens (primary N) is 1. The van der Waals surface area contributed by atoms with Gasteiger partial charge in [0.2, 0.25) is 5.91 Å². The summed E-state index contributed by atoms with van der Waals surface area (Å²) in [6.45, 7) is 6.31. The highest BCUT2D eigenvalue weighted by Crippen LogP contribution is 2.32. The molecule has 3 nitrogen and oxygen atoms in total. The Labute approximate surface area is 121 Å². The third-order valence-electron chi connectivity index (χ3n) is 4.46. The second-order valence-electron chi connectivity index (χ2n) is 6.27. The van der Waals surface area contributed by atoms with E-state index >= 15 is 0 Å². The van der Waals surface area contributed by atoms with Gasteiger partial charge < -0.3 is 11.1 Å². The number of aryl methyl sites for hydroxylation is 2. The van der Waals surface area contributed by atoms with Crippen molar-refractivity contribution in [2.75, 3.05) is 5.32 Å². The summed E-state index contributed by atoms with van der Waals surface area (Å²) < 4.78 is 0. The van der Waals surface area contributed by atoms with E-state index in [2.05, 4.69) is 25.2 Å². The molecule has 1 fully saturated rings. The molecular weight excluding hydrogens is 248 g/mol. The fourth-order valence-electron chi connectivity index (χ4n) is 3.24. The van der Waals surface area contributed by atoms with E-state index in [1.165, 1.54) is 12.0 Å². The third-order valence-corrected chi connectivity index (χ3v) is 4.46. The average molecular weight is 274 g/mol. The summed E-state index contributed by atoms with van der Waals surface area (Å²) in [5, 5.41) is 3.10. The first-order valence-electron chi connectivity index (χ1n) is 7.65. The number of carbonyl (C=O) groups excluding carboxylic acids is 1. The third kappa shape index (κ3) is 3.04. The molecular formula is C17H26N2O. The summed E-state index contributed by atoms with van der Waals surface area (Å²) in [6, 6.07) is 6.13. The molecule has 1 amide bonds. The molecule has 0 saturated heterocycles. The lowest BCUT2D eigenvalue weighted by atomic mass is 9.76. The van der Waals surface area contributed by atoms with E-state index in [9.17, 15) is 4.79 Å². The zero-order valence-corrected chi connectivity index (χ0v) is 12.8. The van der Waals surface area contributed by atoms with Gasteiger partial charge in [0.25, 0.3) is 0 Å². The predicted molar refractivity (Wildman–Crippen MR) is 83.7 cm³/mol. The topological polar surface area (TPSA) is 55.1 Å². The average Bonchev–Trinajstić information content (AvgIpc) is 2.40. The molecule has 20 heavy (non-hydrogen) atoms. The summed E-state index contributed by atoms with van der Waals surface area (Å²) >= 11 is 0. The van der Waals surface area contributed by atoms with E-state index in [0.717, 1.165) is 36.9 Å². The molecule has 110 valence electrons. The minimum Gasteiger partial charge on any atom is -0.324 e. The Balaban J connectivity index is 2.19. The second-order valence-corrected chi connectivity index (χ2v) is 6.27. The monoisotopic (exact) mass is 274 g/mol. The van der Waals surface area contributed by atoms with Crippen LogP contribution in [0.2, 0.25) is 0 Å². The maximum Gasteiger partial charge on any atom is 0.244 e. The van der Waals surface area contributed by atoms with Crippen LogP contribution < -0.4 is 11.1 Å². The van der Waals surface area contributed by atoms with E-state index in [-0.39, 0.29) is 5.91 Å². The molecule has 3 N–H and O–H groups in total. The minimum absolute atomic E-state index is 0.0203. The fraction of sp³-hybridized carbons (Fsp3) is 0.588. The zero-order chi connectivity index (χ0) is 14.8. The molecule has 3 heteroatoms. The van der Waals surface area contributed by atoms with Crippen LogP contribution in [0.5, 0.6) is 0 Å². The lowest BCUT2D eigenvalue weighted by Gasteiger charge is -2.35. The Morgan fingerprint density at radius 2 is 2.25 bits per heavy atom. The Hall–Kier alpha value is -1.35. The molecule has 1 saturated carbocycles. The van der Waals surface area contributed by atoms with Gasteiger partial charge in [-0.25, -0.2) is 0 Å². The number of carbonyl (C=O) groups is 1. The van der Waals surface area contributed by atoms with Gasteiger partial charge in [0.1, 0.15) is 0 Å². The van der Waals surface area contributed by atoms with Crippen LogP contribution in [-0.2, 0) is 11.2 Å². The van der Waals surface area contributed by atoms with Crippen molar-refractivity contribution in [3.63, 3.8) is 0 Å². The number of benzene rings is 1. The van der Waals surface area contributed by atoms with Gasteiger partial charge in [-0.2, -0.15) is 0 Å². The Morgan fingerprint density at radius 1 is 1.50 bits per heavy atom. The van der Waals surface area contributed by atoms with Crippen LogP contribution in [0.25, 0.3) is 0 Å². The highest BCUT2D eigenvalue weighted by molar-refractivity contribution is 5.99. The first kappa shape index (κ1) is 15.0. The summed E-state index contributed by atoms with van der Waals surface area (Å²) in [4.78, 5) is 12.6. The molecule has 1 aliphatic rings. The van der Waals surface area contributed by atoms with Gasteiger partial charge in [-0.1, -0.05) is 44.9 Å². The zero-order valence-electron chi connectivity index (χ0n) is 12.8. The summed E-state index contributed by atoms with van der Waals surface area (Å²) in [5.41, 5.74) is 8.89. The number of hydrogen-bond acceptors (Lipinski definition) is 2. The Morgan fingerprint density at radius 3 is 2.90 bits per heavy atom. The van der Waals surface area contributed by atoms with Crippen LogP contribution in [0.3, 0.4) is 0 Å². The largest absolute Gasteiger partial charge is 0.324 e. The fourth-order valence-corrected chi connectivity index (χ4v) is 3.24. The predicted octanol–water partition coefficient (Wildman–Crippen LogP) is 3.40. The molecule has 2 unspecified atom stereocenters. The van der Waals surface area contributed by atoms with Crippen molar-refractivity contribution in [2.24, 2.45) is 11.7 Å². The van der Waals surface area contributed by atoms with Gasteiger partial charge in [-0.05, 0) is 43.2 Å². The molecule has 0 radical (unpaired) electrons. The first-order chi connectivity index (χ1) is 9.46. The number of amides is 1. The Bertz CT molecular complexity index is 498. The van der Waals surface area contributed by atoms with Crippen molar-refractivity contribution in [1.29, 1.82) is 0 Å². The molecule has 0 aromatic heterocycles. The molecule has 0 spiro atoms. The SMILES string of the molecule is CCc1cccc(C)c1NC(=O)C1(N)CCCC(C)C1. The van der Waals surface area contributed by atoms with Gasteiger partial charge in [-0.3, -0.25) is 4.79 Å². The van der Waals surface area contributed by atoms with Crippen molar-refractivity contribution >= 4 is 11.6 Å². The molecule has 2 atom stereocenters. The lowest BCUT2D eigenvalue weighted by Crippen LogP contribution is -2.53. The number of rotatable bonds is 3. The lowest BCUT2D eigenvalue weighted by molar-refractivity contribution is -0.122. The molecule has 0 aliphatic heterocycles. The van der Waals surface area contributed by atoms with Gasteiger partial charge in [0, 0.05) is 5.69 Å². The quantitative estimate of drug-likeness (QED) is 0.887. The van der Waals surface area contributed by atoms with Crippen molar-refractivity contribution < 1.29 is 4.79 Å². The second kappa shape index (κ2) is 5.96. The summed E-state index contributed by atoms with van der Waals surface area (Å²) in [7, 11) is 0. The molecule has 1 aromatic carbocycles. The van der Waals surface area contributed by atoms with E-state index in [0.29, 0.717) is 5.92 Å². The number of anilines is 1. The number of para-hydroxylation sites is 1. The van der Waals surface area contributed by atoms with Crippen molar-refractivity contribution in [3.8, 4) is 0 Å². The highest BCUT2D eigenvalue weighted by atomic mass is 16.2. The van der Waals surface area contributed by atoms with E-state index < -0.39 is 5.54 Å². The van der Waals surface area contributed by atoms with Gasteiger partial charge in [0.15, 0.2) is 0 Å². The van der Waals surface area contributed by atoms with E-state index in [1.807, 2.05) is 19.1 Å². The molecule has 1 aromatic rings. The van der Waals surface area contributed by atoms with Crippen molar-refractivity contribution in [1.82, 2.24) is 0 Å². The van der Waals surface area contributed by atoms with E-state index in [1.54, 1.807) is 0 Å². The smallest absolute Gasteiger partial charge is 0.244 e. The van der Waals surface area contributed by atoms with Crippen LogP contribution in [0, 0.1) is 12.8 Å². The Kier molecular flexibility index (Phi) is 4.48. The molecule has 1 aliphatic carbocycles. The maximum atomic E-state index is 12.6. The summed E-state index contributed by atoms with van der Waals surface area (Å²) in [5.74, 6) is 0.509. The standard InChI is InChI=1S/C17H26N2O/c1-4-14-9-5-8-13(3)15(14)19-16(20)17(18)10-6-7-12(2)11-17/h5,8-9,12H,4,6-7,10-11,18H2,1-3H3,(H,19,20). The number of nitrogens with one attached hydrogen (secondary N) is 1. The normalized spacial score (nSPS) is 26.3. The summed E-state index contributed by atoms with van der Waals surface area (Å²) in [6.07, 6.45) is 4.70. The molecule has 2 rings (SSSR count). The van der Waals surface area contributed by atoms with Crippen LogP contribution in [0.4, 0.5) is 5.69 Å². The van der Waals surface area contributed by atoms with Crippen LogP contribution in [0.15, 0.2) is 18.2 Å². The van der Waals surface area contributed by atoms with Crippen LogP contribution in [-0.4, -0.2) is 11.4 Å². The van der Waals surface area contributed by atoms with E-state index in [4.69, 9.17) is 5.73 Å². The number of hydrogen-bond donors (Lipinski definition) is 2. The highest BCUT2D eigenvalue weighted by Gasteiger charge is 2.38. The molecule has 0 bridgehead atoms. The van der Waals surface area contributed by atoms with Gasteiger partial charge in [0.05, 0.1) is 5.54 Å². The molecule has 0 heterocycles.